The van der Waals surface area contributed by atoms with Gasteiger partial charge in [0, 0.05) is 5.56 Å². The lowest BCUT2D eigenvalue weighted by atomic mass is 9.97. The lowest BCUT2D eigenvalue weighted by Crippen LogP contribution is -1.99. The lowest BCUT2D eigenvalue weighted by molar-refractivity contribution is 0.237. The molecule has 0 unspecified atom stereocenters. The SMILES string of the molecule is Cc1cc(C)c([C@H](O)C#Cc2ccccc2)cc1C. The van der Waals surface area contributed by atoms with Crippen LogP contribution in [0.25, 0.3) is 0 Å². The van der Waals surface area contributed by atoms with E-state index in [4.69, 9.17) is 0 Å². The van der Waals surface area contributed by atoms with E-state index < -0.39 is 6.10 Å². The van der Waals surface area contributed by atoms with Crippen LogP contribution >= 0.6 is 0 Å². The highest BCUT2D eigenvalue weighted by Gasteiger charge is 2.08. The number of hydrogen-bond donors (Lipinski definition) is 1. The summed E-state index contributed by atoms with van der Waals surface area (Å²) < 4.78 is 0. The van der Waals surface area contributed by atoms with Gasteiger partial charge < -0.3 is 5.11 Å². The first kappa shape index (κ1) is 13.4. The molecule has 1 nitrogen and oxygen atoms in total. The third-order valence-corrected chi connectivity index (χ3v) is 3.30. The molecule has 0 radical (unpaired) electrons. The molecule has 0 aromatic heterocycles. The number of aliphatic hydroxyl groups is 1. The van der Waals surface area contributed by atoms with Crippen LogP contribution in [0, 0.1) is 32.6 Å². The van der Waals surface area contributed by atoms with Gasteiger partial charge in [-0.3, -0.25) is 0 Å². The highest BCUT2D eigenvalue weighted by atomic mass is 16.3. The van der Waals surface area contributed by atoms with Crippen LogP contribution in [-0.2, 0) is 0 Å². The molecule has 1 heteroatoms. The molecule has 0 spiro atoms. The summed E-state index contributed by atoms with van der Waals surface area (Å²) in [6.07, 6.45) is -0.737. The first-order valence-electron chi connectivity index (χ1n) is 6.40. The monoisotopic (exact) mass is 250 g/mol. The molecular formula is C18H18O. The molecule has 0 aliphatic carbocycles. The molecular weight excluding hydrogens is 232 g/mol. The normalized spacial score (nSPS) is 11.6. The van der Waals surface area contributed by atoms with Crippen LogP contribution in [0.1, 0.15) is 33.9 Å². The van der Waals surface area contributed by atoms with Crippen molar-refractivity contribution in [2.45, 2.75) is 26.9 Å². The Labute approximate surface area is 114 Å². The van der Waals surface area contributed by atoms with Crippen LogP contribution in [0.3, 0.4) is 0 Å². The number of hydrogen-bond acceptors (Lipinski definition) is 1. The second kappa shape index (κ2) is 5.73. The Balaban J connectivity index is 2.29. The van der Waals surface area contributed by atoms with Gasteiger partial charge in [0.15, 0.2) is 0 Å². The van der Waals surface area contributed by atoms with Crippen LogP contribution in [0.4, 0.5) is 0 Å². The van der Waals surface area contributed by atoms with E-state index in [1.54, 1.807) is 0 Å². The third kappa shape index (κ3) is 3.24. The highest BCUT2D eigenvalue weighted by molar-refractivity contribution is 5.42. The molecule has 96 valence electrons. The third-order valence-electron chi connectivity index (χ3n) is 3.30. The van der Waals surface area contributed by atoms with Gasteiger partial charge in [-0.05, 0) is 55.2 Å². The van der Waals surface area contributed by atoms with E-state index in [0.29, 0.717) is 0 Å². The minimum Gasteiger partial charge on any atom is -0.376 e. The number of aliphatic hydroxyl groups excluding tert-OH is 1. The molecule has 0 saturated heterocycles. The van der Waals surface area contributed by atoms with Crippen LogP contribution in [0.5, 0.6) is 0 Å². The summed E-state index contributed by atoms with van der Waals surface area (Å²) in [5.41, 5.74) is 5.32. The van der Waals surface area contributed by atoms with Crippen LogP contribution in [0.2, 0.25) is 0 Å². The molecule has 1 atom stereocenters. The van der Waals surface area contributed by atoms with Gasteiger partial charge in [0.05, 0.1) is 0 Å². The Morgan fingerprint density at radius 2 is 1.53 bits per heavy atom. The van der Waals surface area contributed by atoms with Gasteiger partial charge in [-0.15, -0.1) is 0 Å². The molecule has 0 heterocycles. The number of rotatable bonds is 1. The van der Waals surface area contributed by atoms with Crippen molar-refractivity contribution in [3.05, 3.63) is 70.3 Å². The Morgan fingerprint density at radius 1 is 0.895 bits per heavy atom. The van der Waals surface area contributed by atoms with Crippen molar-refractivity contribution in [3.8, 4) is 11.8 Å². The zero-order valence-corrected chi connectivity index (χ0v) is 11.6. The topological polar surface area (TPSA) is 20.2 Å². The summed E-state index contributed by atoms with van der Waals surface area (Å²) in [6, 6.07) is 13.8. The maximum atomic E-state index is 10.2. The fourth-order valence-electron chi connectivity index (χ4n) is 2.03. The van der Waals surface area contributed by atoms with Crippen molar-refractivity contribution < 1.29 is 5.11 Å². The first-order chi connectivity index (χ1) is 9.08. The molecule has 0 aliphatic rings. The summed E-state index contributed by atoms with van der Waals surface area (Å²) in [5.74, 6) is 5.91. The predicted octanol–water partition coefficient (Wildman–Crippen LogP) is 3.70. The maximum Gasteiger partial charge on any atom is 0.140 e. The van der Waals surface area contributed by atoms with E-state index in [9.17, 15) is 5.11 Å². The average Bonchev–Trinajstić information content (AvgIpc) is 2.41. The van der Waals surface area contributed by atoms with Crippen molar-refractivity contribution in [2.24, 2.45) is 0 Å². The smallest absolute Gasteiger partial charge is 0.140 e. The fraction of sp³-hybridized carbons (Fsp3) is 0.222. The van der Waals surface area contributed by atoms with Gasteiger partial charge in [0.2, 0.25) is 0 Å². The molecule has 2 aromatic carbocycles. The Kier molecular flexibility index (Phi) is 4.04. The molecule has 19 heavy (non-hydrogen) atoms. The van der Waals surface area contributed by atoms with Gasteiger partial charge in [-0.1, -0.05) is 42.2 Å². The van der Waals surface area contributed by atoms with E-state index in [0.717, 1.165) is 16.7 Å². The molecule has 0 amide bonds. The summed E-state index contributed by atoms with van der Waals surface area (Å²) in [6.45, 7) is 6.14. The summed E-state index contributed by atoms with van der Waals surface area (Å²) in [5, 5.41) is 10.2. The van der Waals surface area contributed by atoms with Crippen molar-refractivity contribution in [3.63, 3.8) is 0 Å². The van der Waals surface area contributed by atoms with E-state index in [2.05, 4.69) is 31.8 Å². The Morgan fingerprint density at radius 3 is 2.21 bits per heavy atom. The second-order valence-electron chi connectivity index (χ2n) is 4.83. The van der Waals surface area contributed by atoms with Crippen molar-refractivity contribution >= 4 is 0 Å². The molecule has 2 rings (SSSR count). The van der Waals surface area contributed by atoms with E-state index in [1.807, 2.05) is 43.3 Å². The van der Waals surface area contributed by atoms with E-state index >= 15 is 0 Å². The minimum absolute atomic E-state index is 0.737. The van der Waals surface area contributed by atoms with Gasteiger partial charge in [-0.2, -0.15) is 0 Å². The molecule has 0 bridgehead atoms. The minimum atomic E-state index is -0.737. The summed E-state index contributed by atoms with van der Waals surface area (Å²) >= 11 is 0. The second-order valence-corrected chi connectivity index (χ2v) is 4.83. The van der Waals surface area contributed by atoms with Crippen molar-refractivity contribution in [2.75, 3.05) is 0 Å². The van der Waals surface area contributed by atoms with Crippen LogP contribution < -0.4 is 0 Å². The van der Waals surface area contributed by atoms with Crippen LogP contribution in [0.15, 0.2) is 42.5 Å². The Hall–Kier alpha value is -2.04. The molecule has 0 saturated carbocycles. The number of aryl methyl sites for hydroxylation is 3. The zero-order valence-electron chi connectivity index (χ0n) is 11.6. The molecule has 1 N–H and O–H groups in total. The fourth-order valence-corrected chi connectivity index (χ4v) is 2.03. The maximum absolute atomic E-state index is 10.2. The van der Waals surface area contributed by atoms with Gasteiger partial charge in [0.25, 0.3) is 0 Å². The molecule has 0 aliphatic heterocycles. The van der Waals surface area contributed by atoms with Gasteiger partial charge >= 0.3 is 0 Å². The molecule has 2 aromatic rings. The average molecular weight is 250 g/mol. The molecule has 0 fully saturated rings. The zero-order chi connectivity index (χ0) is 13.8. The summed E-state index contributed by atoms with van der Waals surface area (Å²) in [7, 11) is 0. The largest absolute Gasteiger partial charge is 0.376 e. The van der Waals surface area contributed by atoms with Crippen LogP contribution in [-0.4, -0.2) is 5.11 Å². The van der Waals surface area contributed by atoms with Crippen molar-refractivity contribution in [1.29, 1.82) is 0 Å². The standard InChI is InChI=1S/C18H18O/c1-13-11-15(3)17(12-14(13)2)18(19)10-9-16-7-5-4-6-8-16/h4-8,11-12,18-19H,1-3H3/t18-/m1/s1. The van der Waals surface area contributed by atoms with Gasteiger partial charge in [-0.25, -0.2) is 0 Å². The van der Waals surface area contributed by atoms with E-state index in [-0.39, 0.29) is 0 Å². The quantitative estimate of drug-likeness (QED) is 0.765. The lowest BCUT2D eigenvalue weighted by Gasteiger charge is -2.11. The first-order valence-corrected chi connectivity index (χ1v) is 6.40. The van der Waals surface area contributed by atoms with Crippen molar-refractivity contribution in [1.82, 2.24) is 0 Å². The highest BCUT2D eigenvalue weighted by Crippen LogP contribution is 2.21. The number of benzene rings is 2. The van der Waals surface area contributed by atoms with E-state index in [1.165, 1.54) is 11.1 Å². The van der Waals surface area contributed by atoms with Gasteiger partial charge in [0.1, 0.15) is 6.10 Å². The predicted molar refractivity (Wildman–Crippen MR) is 78.9 cm³/mol. The summed E-state index contributed by atoms with van der Waals surface area (Å²) in [4.78, 5) is 0. The Bertz CT molecular complexity index is 630.